The van der Waals surface area contributed by atoms with Crippen LogP contribution in [-0.2, 0) is 17.8 Å². The summed E-state index contributed by atoms with van der Waals surface area (Å²) in [5, 5.41) is 0. The van der Waals surface area contributed by atoms with Gasteiger partial charge < -0.3 is 10.6 Å². The second kappa shape index (κ2) is 3.76. The molecule has 2 atom stereocenters. The van der Waals surface area contributed by atoms with E-state index in [-0.39, 0.29) is 5.92 Å². The van der Waals surface area contributed by atoms with Crippen molar-refractivity contribution in [2.45, 2.75) is 26.3 Å². The van der Waals surface area contributed by atoms with E-state index in [9.17, 15) is 4.79 Å². The van der Waals surface area contributed by atoms with Gasteiger partial charge in [0.15, 0.2) is 0 Å². The summed E-state index contributed by atoms with van der Waals surface area (Å²) in [6.07, 6.45) is 2.00. The van der Waals surface area contributed by atoms with Crippen LogP contribution in [0.25, 0.3) is 0 Å². The minimum Gasteiger partial charge on any atom is -0.398 e. The van der Waals surface area contributed by atoms with Crippen LogP contribution in [0.15, 0.2) is 18.2 Å². The van der Waals surface area contributed by atoms with Crippen LogP contribution in [0.3, 0.4) is 0 Å². The molecule has 3 rings (SSSR count). The summed E-state index contributed by atoms with van der Waals surface area (Å²) in [4.78, 5) is 14.2. The average molecular weight is 230 g/mol. The van der Waals surface area contributed by atoms with Gasteiger partial charge in [0.05, 0.1) is 0 Å². The Kier molecular flexibility index (Phi) is 2.35. The van der Waals surface area contributed by atoms with Gasteiger partial charge in [-0.15, -0.1) is 0 Å². The van der Waals surface area contributed by atoms with Crippen molar-refractivity contribution in [3.8, 4) is 0 Å². The smallest absolute Gasteiger partial charge is 0.226 e. The highest BCUT2D eigenvalue weighted by molar-refractivity contribution is 5.82. The van der Waals surface area contributed by atoms with Crippen LogP contribution < -0.4 is 5.73 Å². The molecule has 1 heterocycles. The molecule has 1 aromatic rings. The number of carbonyl (C=O) groups is 1. The average Bonchev–Trinajstić information content (AvgIpc) is 3.06. The maximum absolute atomic E-state index is 12.2. The Labute approximate surface area is 102 Å². The second-order valence-corrected chi connectivity index (χ2v) is 5.31. The lowest BCUT2D eigenvalue weighted by Gasteiger charge is -2.30. The standard InChI is InChI=1S/C14H18N2O/c1-9-7-11(9)14(17)16-6-5-10-3-2-4-13(15)12(10)8-16/h2-4,9,11H,5-8,15H2,1H3. The molecule has 1 fully saturated rings. The van der Waals surface area contributed by atoms with Crippen molar-refractivity contribution in [2.24, 2.45) is 11.8 Å². The van der Waals surface area contributed by atoms with Gasteiger partial charge in [0, 0.05) is 24.7 Å². The molecule has 1 amide bonds. The number of hydrogen-bond donors (Lipinski definition) is 1. The summed E-state index contributed by atoms with van der Waals surface area (Å²) in [5.74, 6) is 1.19. The predicted molar refractivity (Wildman–Crippen MR) is 67.2 cm³/mol. The molecule has 1 saturated carbocycles. The van der Waals surface area contributed by atoms with E-state index in [1.807, 2.05) is 17.0 Å². The van der Waals surface area contributed by atoms with Crippen LogP contribution in [0.5, 0.6) is 0 Å². The summed E-state index contributed by atoms with van der Waals surface area (Å²) >= 11 is 0. The van der Waals surface area contributed by atoms with Gasteiger partial charge in [-0.1, -0.05) is 19.1 Å². The molecule has 2 unspecified atom stereocenters. The molecule has 2 aliphatic rings. The van der Waals surface area contributed by atoms with Gasteiger partial charge >= 0.3 is 0 Å². The number of carbonyl (C=O) groups excluding carboxylic acids is 1. The van der Waals surface area contributed by atoms with Crippen LogP contribution in [0, 0.1) is 11.8 Å². The first-order valence-electron chi connectivity index (χ1n) is 6.32. The van der Waals surface area contributed by atoms with Gasteiger partial charge in [-0.05, 0) is 36.0 Å². The maximum Gasteiger partial charge on any atom is 0.226 e. The highest BCUT2D eigenvalue weighted by Crippen LogP contribution is 2.40. The molecule has 0 aromatic heterocycles. The molecule has 17 heavy (non-hydrogen) atoms. The molecule has 90 valence electrons. The molecule has 1 aliphatic carbocycles. The molecule has 3 nitrogen and oxygen atoms in total. The molecular formula is C14H18N2O. The number of rotatable bonds is 1. The summed E-state index contributed by atoms with van der Waals surface area (Å²) < 4.78 is 0. The van der Waals surface area contributed by atoms with Crippen LogP contribution in [0.4, 0.5) is 5.69 Å². The van der Waals surface area contributed by atoms with Gasteiger partial charge in [0.25, 0.3) is 0 Å². The minimum absolute atomic E-state index is 0.279. The molecule has 1 aliphatic heterocycles. The Balaban J connectivity index is 1.80. The highest BCUT2D eigenvalue weighted by Gasteiger charge is 2.42. The quantitative estimate of drug-likeness (QED) is 0.748. The number of anilines is 1. The Bertz CT molecular complexity index is 469. The van der Waals surface area contributed by atoms with Crippen LogP contribution in [0.1, 0.15) is 24.5 Å². The van der Waals surface area contributed by atoms with E-state index < -0.39 is 0 Å². The molecule has 3 heteroatoms. The Morgan fingerprint density at radius 3 is 2.94 bits per heavy atom. The van der Waals surface area contributed by atoms with E-state index in [1.54, 1.807) is 0 Å². The summed E-state index contributed by atoms with van der Waals surface area (Å²) in [6, 6.07) is 6.04. The number of nitrogens with zero attached hydrogens (tertiary/aromatic N) is 1. The number of nitrogen functional groups attached to an aromatic ring is 1. The molecule has 1 aromatic carbocycles. The normalized spacial score (nSPS) is 26.5. The van der Waals surface area contributed by atoms with E-state index in [0.717, 1.165) is 30.6 Å². The Hall–Kier alpha value is -1.51. The molecule has 0 radical (unpaired) electrons. The van der Waals surface area contributed by atoms with Crippen molar-refractivity contribution in [2.75, 3.05) is 12.3 Å². The Morgan fingerprint density at radius 1 is 1.47 bits per heavy atom. The number of amides is 1. The molecule has 2 N–H and O–H groups in total. The number of nitrogens with two attached hydrogens (primary N) is 1. The number of fused-ring (bicyclic) bond motifs is 1. The SMILES string of the molecule is CC1CC1C(=O)N1CCc2cccc(N)c2C1. The fourth-order valence-corrected chi connectivity index (χ4v) is 2.70. The number of benzene rings is 1. The topological polar surface area (TPSA) is 46.3 Å². The predicted octanol–water partition coefficient (Wildman–Crippen LogP) is 1.81. The largest absolute Gasteiger partial charge is 0.398 e. The van der Waals surface area contributed by atoms with E-state index in [0.29, 0.717) is 18.4 Å². The van der Waals surface area contributed by atoms with Gasteiger partial charge in [-0.3, -0.25) is 4.79 Å². The molecular weight excluding hydrogens is 212 g/mol. The molecule has 0 spiro atoms. The van der Waals surface area contributed by atoms with Crippen molar-refractivity contribution in [1.82, 2.24) is 4.90 Å². The van der Waals surface area contributed by atoms with Gasteiger partial charge in [0.2, 0.25) is 5.91 Å². The van der Waals surface area contributed by atoms with Crippen molar-refractivity contribution in [3.05, 3.63) is 29.3 Å². The fraction of sp³-hybridized carbons (Fsp3) is 0.500. The first-order valence-corrected chi connectivity index (χ1v) is 6.32. The summed E-state index contributed by atoms with van der Waals surface area (Å²) in [6.45, 7) is 3.69. The van der Waals surface area contributed by atoms with Crippen LogP contribution >= 0.6 is 0 Å². The van der Waals surface area contributed by atoms with E-state index in [4.69, 9.17) is 5.73 Å². The lowest BCUT2D eigenvalue weighted by atomic mass is 9.98. The van der Waals surface area contributed by atoms with Crippen molar-refractivity contribution < 1.29 is 4.79 Å². The zero-order valence-electron chi connectivity index (χ0n) is 10.1. The third-order valence-electron chi connectivity index (χ3n) is 4.05. The lowest BCUT2D eigenvalue weighted by molar-refractivity contribution is -0.133. The van der Waals surface area contributed by atoms with Crippen LogP contribution in [0.2, 0.25) is 0 Å². The molecule has 0 saturated heterocycles. The minimum atomic E-state index is 0.279. The first kappa shape index (κ1) is 10.6. The van der Waals surface area contributed by atoms with Crippen LogP contribution in [-0.4, -0.2) is 17.4 Å². The first-order chi connectivity index (χ1) is 8.16. The van der Waals surface area contributed by atoms with Crippen molar-refractivity contribution in [3.63, 3.8) is 0 Å². The monoisotopic (exact) mass is 230 g/mol. The van der Waals surface area contributed by atoms with E-state index in [1.165, 1.54) is 5.56 Å². The zero-order chi connectivity index (χ0) is 12.0. The summed E-state index contributed by atoms with van der Waals surface area (Å²) in [7, 11) is 0. The Morgan fingerprint density at radius 2 is 2.24 bits per heavy atom. The van der Waals surface area contributed by atoms with Crippen molar-refractivity contribution >= 4 is 11.6 Å². The fourth-order valence-electron chi connectivity index (χ4n) is 2.70. The number of hydrogen-bond acceptors (Lipinski definition) is 2. The maximum atomic E-state index is 12.2. The van der Waals surface area contributed by atoms with Crippen molar-refractivity contribution in [1.29, 1.82) is 0 Å². The third-order valence-corrected chi connectivity index (χ3v) is 4.05. The lowest BCUT2D eigenvalue weighted by Crippen LogP contribution is -2.37. The summed E-state index contributed by atoms with van der Waals surface area (Å²) in [5.41, 5.74) is 9.26. The van der Waals surface area contributed by atoms with Gasteiger partial charge in [-0.25, -0.2) is 0 Å². The third kappa shape index (κ3) is 1.79. The van der Waals surface area contributed by atoms with Gasteiger partial charge in [-0.2, -0.15) is 0 Å². The highest BCUT2D eigenvalue weighted by atomic mass is 16.2. The molecule has 0 bridgehead atoms. The van der Waals surface area contributed by atoms with E-state index >= 15 is 0 Å². The van der Waals surface area contributed by atoms with Gasteiger partial charge in [0.1, 0.15) is 0 Å². The zero-order valence-corrected chi connectivity index (χ0v) is 10.1. The second-order valence-electron chi connectivity index (χ2n) is 5.31. The van der Waals surface area contributed by atoms with E-state index in [2.05, 4.69) is 13.0 Å².